The van der Waals surface area contributed by atoms with E-state index < -0.39 is 0 Å². The summed E-state index contributed by atoms with van der Waals surface area (Å²) in [4.78, 5) is 4.51. The average molecular weight is 276 g/mol. The molecule has 0 aromatic heterocycles. The van der Waals surface area contributed by atoms with E-state index in [4.69, 9.17) is 10.6 Å². The minimum atomic E-state index is -0.336. The molecule has 0 atom stereocenters. The Hall–Kier alpha value is -0.650. The van der Waals surface area contributed by atoms with Gasteiger partial charge in [-0.2, -0.15) is 0 Å². The van der Waals surface area contributed by atoms with Gasteiger partial charge in [0.2, 0.25) is 0 Å². The second kappa shape index (κ2) is 4.47. The fraction of sp³-hybridized carbons (Fsp3) is 0.400. The Labute approximate surface area is 95.4 Å². The van der Waals surface area contributed by atoms with Crippen molar-refractivity contribution in [1.82, 2.24) is 0 Å². The predicted molar refractivity (Wildman–Crippen MR) is 56.7 cm³/mol. The van der Waals surface area contributed by atoms with Crippen molar-refractivity contribution in [3.8, 4) is 5.75 Å². The molecule has 15 heavy (non-hydrogen) atoms. The van der Waals surface area contributed by atoms with Gasteiger partial charge >= 0.3 is 0 Å². The van der Waals surface area contributed by atoms with Crippen LogP contribution in [0.15, 0.2) is 16.6 Å². The van der Waals surface area contributed by atoms with Crippen LogP contribution in [0.3, 0.4) is 0 Å². The van der Waals surface area contributed by atoms with Crippen molar-refractivity contribution in [2.75, 3.05) is 0 Å². The Morgan fingerprint density at radius 1 is 1.47 bits per heavy atom. The molecule has 1 aliphatic rings. The second-order valence-corrected chi connectivity index (χ2v) is 4.36. The number of rotatable bonds is 4. The number of halogens is 2. The molecule has 2 rings (SSSR count). The summed E-state index contributed by atoms with van der Waals surface area (Å²) >= 11 is 3.26. The molecule has 1 aliphatic carbocycles. The van der Waals surface area contributed by atoms with Crippen molar-refractivity contribution in [2.45, 2.75) is 25.6 Å². The van der Waals surface area contributed by atoms with Crippen LogP contribution in [0.4, 0.5) is 4.39 Å². The van der Waals surface area contributed by atoms with E-state index >= 15 is 0 Å². The molecule has 0 bridgehead atoms. The van der Waals surface area contributed by atoms with Gasteiger partial charge in [-0.3, -0.25) is 4.84 Å². The van der Waals surface area contributed by atoms with E-state index in [1.54, 1.807) is 0 Å². The van der Waals surface area contributed by atoms with Gasteiger partial charge in [-0.1, -0.05) is 0 Å². The first-order valence-corrected chi connectivity index (χ1v) is 5.46. The Morgan fingerprint density at radius 3 is 2.80 bits per heavy atom. The summed E-state index contributed by atoms with van der Waals surface area (Å²) in [5.41, 5.74) is 0.622. The van der Waals surface area contributed by atoms with Crippen LogP contribution in [0, 0.1) is 5.82 Å². The lowest BCUT2D eigenvalue weighted by atomic mass is 10.2. The monoisotopic (exact) mass is 275 g/mol. The molecule has 0 unspecified atom stereocenters. The van der Waals surface area contributed by atoms with Crippen LogP contribution < -0.4 is 10.6 Å². The lowest BCUT2D eigenvalue weighted by Crippen LogP contribution is -2.05. The van der Waals surface area contributed by atoms with E-state index in [1.807, 2.05) is 0 Å². The lowest BCUT2D eigenvalue weighted by Gasteiger charge is -2.12. The zero-order valence-corrected chi connectivity index (χ0v) is 9.59. The highest BCUT2D eigenvalue weighted by Crippen LogP contribution is 2.35. The molecule has 2 N–H and O–H groups in total. The SMILES string of the molecule is NOCc1cc(F)cc(Br)c1OC1CC1. The molecule has 1 aromatic carbocycles. The smallest absolute Gasteiger partial charge is 0.139 e. The molecule has 5 heteroatoms. The van der Waals surface area contributed by atoms with Gasteiger partial charge in [-0.05, 0) is 40.9 Å². The van der Waals surface area contributed by atoms with E-state index in [2.05, 4.69) is 20.8 Å². The van der Waals surface area contributed by atoms with E-state index in [9.17, 15) is 4.39 Å². The standard InChI is InChI=1S/C10H11BrFNO2/c11-9-4-7(12)3-6(5-14-13)10(9)15-8-1-2-8/h3-4,8H,1-2,5,13H2. The Kier molecular flexibility index (Phi) is 3.23. The molecule has 1 fully saturated rings. The zero-order chi connectivity index (χ0) is 10.8. The van der Waals surface area contributed by atoms with Crippen LogP contribution in [0.2, 0.25) is 0 Å². The minimum Gasteiger partial charge on any atom is -0.489 e. The highest BCUT2D eigenvalue weighted by atomic mass is 79.9. The van der Waals surface area contributed by atoms with Crippen molar-refractivity contribution in [1.29, 1.82) is 0 Å². The second-order valence-electron chi connectivity index (χ2n) is 3.50. The molecular weight excluding hydrogens is 265 g/mol. The first kappa shape index (κ1) is 10.9. The number of nitrogens with two attached hydrogens (primary N) is 1. The van der Waals surface area contributed by atoms with Gasteiger partial charge in [0, 0.05) is 5.56 Å². The molecule has 1 aromatic rings. The van der Waals surface area contributed by atoms with Crippen LogP contribution in [-0.2, 0) is 11.4 Å². The molecule has 0 radical (unpaired) electrons. The first-order chi connectivity index (χ1) is 7.20. The van der Waals surface area contributed by atoms with Crippen molar-refractivity contribution >= 4 is 15.9 Å². The van der Waals surface area contributed by atoms with Crippen molar-refractivity contribution in [3.05, 3.63) is 28.0 Å². The number of hydrogen-bond acceptors (Lipinski definition) is 3. The average Bonchev–Trinajstić information content (AvgIpc) is 2.95. The highest BCUT2D eigenvalue weighted by molar-refractivity contribution is 9.10. The van der Waals surface area contributed by atoms with Crippen LogP contribution >= 0.6 is 15.9 Å². The first-order valence-electron chi connectivity index (χ1n) is 4.67. The van der Waals surface area contributed by atoms with Gasteiger partial charge in [0.25, 0.3) is 0 Å². The van der Waals surface area contributed by atoms with Crippen LogP contribution in [0.1, 0.15) is 18.4 Å². The predicted octanol–water partition coefficient (Wildman–Crippen LogP) is 2.52. The van der Waals surface area contributed by atoms with Gasteiger partial charge in [0.05, 0.1) is 17.2 Å². The molecular formula is C10H11BrFNO2. The van der Waals surface area contributed by atoms with Crippen molar-refractivity contribution in [2.24, 2.45) is 5.90 Å². The quantitative estimate of drug-likeness (QED) is 0.859. The number of ether oxygens (including phenoxy) is 1. The van der Waals surface area contributed by atoms with E-state index in [1.165, 1.54) is 12.1 Å². The highest BCUT2D eigenvalue weighted by Gasteiger charge is 2.26. The van der Waals surface area contributed by atoms with Crippen molar-refractivity contribution in [3.63, 3.8) is 0 Å². The topological polar surface area (TPSA) is 44.5 Å². The fourth-order valence-corrected chi connectivity index (χ4v) is 1.86. The number of hydrogen-bond donors (Lipinski definition) is 1. The van der Waals surface area contributed by atoms with E-state index in [0.717, 1.165) is 12.8 Å². The van der Waals surface area contributed by atoms with Crippen molar-refractivity contribution < 1.29 is 14.0 Å². The molecule has 82 valence electrons. The van der Waals surface area contributed by atoms with Gasteiger partial charge in [-0.25, -0.2) is 10.3 Å². The molecule has 0 amide bonds. The Bertz CT molecular complexity index is 369. The van der Waals surface area contributed by atoms with Gasteiger partial charge in [0.15, 0.2) is 0 Å². The summed E-state index contributed by atoms with van der Waals surface area (Å²) in [6.07, 6.45) is 2.35. The molecule has 0 spiro atoms. The summed E-state index contributed by atoms with van der Waals surface area (Å²) in [6.45, 7) is 0.137. The molecule has 3 nitrogen and oxygen atoms in total. The summed E-state index contributed by atoms with van der Waals surface area (Å²) in [5.74, 6) is 5.28. The van der Waals surface area contributed by atoms with Gasteiger partial charge < -0.3 is 4.74 Å². The van der Waals surface area contributed by atoms with E-state index in [-0.39, 0.29) is 18.5 Å². The normalized spacial score (nSPS) is 15.4. The van der Waals surface area contributed by atoms with Crippen LogP contribution in [0.5, 0.6) is 5.75 Å². The minimum absolute atomic E-state index is 0.137. The third-order valence-corrected chi connectivity index (χ3v) is 2.72. The Balaban J connectivity index is 2.29. The molecule has 0 aliphatic heterocycles. The van der Waals surface area contributed by atoms with Crippen LogP contribution in [0.25, 0.3) is 0 Å². The largest absolute Gasteiger partial charge is 0.489 e. The maximum atomic E-state index is 13.1. The van der Waals surface area contributed by atoms with Gasteiger partial charge in [0.1, 0.15) is 11.6 Å². The lowest BCUT2D eigenvalue weighted by molar-refractivity contribution is 0.120. The Morgan fingerprint density at radius 2 is 2.20 bits per heavy atom. The maximum absolute atomic E-state index is 13.1. The third kappa shape index (κ3) is 2.68. The molecule has 0 saturated heterocycles. The van der Waals surface area contributed by atoms with E-state index in [0.29, 0.717) is 15.8 Å². The molecule has 1 saturated carbocycles. The maximum Gasteiger partial charge on any atom is 0.139 e. The summed E-state index contributed by atoms with van der Waals surface area (Å²) < 4.78 is 19.3. The molecule has 0 heterocycles. The summed E-state index contributed by atoms with van der Waals surface area (Å²) in [6, 6.07) is 2.74. The third-order valence-electron chi connectivity index (χ3n) is 2.13. The zero-order valence-electron chi connectivity index (χ0n) is 8.00. The van der Waals surface area contributed by atoms with Crippen LogP contribution in [-0.4, -0.2) is 6.10 Å². The summed E-state index contributed by atoms with van der Waals surface area (Å²) in [7, 11) is 0. The fourth-order valence-electron chi connectivity index (χ4n) is 1.30. The number of benzene rings is 1. The van der Waals surface area contributed by atoms with Gasteiger partial charge in [-0.15, -0.1) is 0 Å². The summed E-state index contributed by atoms with van der Waals surface area (Å²) in [5, 5.41) is 0.